The van der Waals surface area contributed by atoms with Crippen molar-refractivity contribution in [3.63, 3.8) is 0 Å². The summed E-state index contributed by atoms with van der Waals surface area (Å²) in [6.45, 7) is 3.90. The highest BCUT2D eigenvalue weighted by Crippen LogP contribution is 2.28. The highest BCUT2D eigenvalue weighted by Gasteiger charge is 2.29. The lowest BCUT2D eigenvalue weighted by Crippen LogP contribution is -2.31. The second-order valence-corrected chi connectivity index (χ2v) is 4.87. The molecule has 0 aliphatic heterocycles. The Labute approximate surface area is 109 Å². The molecule has 7 heteroatoms. The minimum Gasteiger partial charge on any atom is -0.384 e. The number of aromatic nitrogens is 3. The maximum absolute atomic E-state index is 10.4. The summed E-state index contributed by atoms with van der Waals surface area (Å²) in [4.78, 5) is 0. The number of nitrogens with one attached hydrogen (secondary N) is 1. The molecule has 17 heavy (non-hydrogen) atoms. The van der Waals surface area contributed by atoms with E-state index in [4.69, 9.17) is 4.74 Å². The van der Waals surface area contributed by atoms with E-state index >= 15 is 0 Å². The minimum absolute atomic E-state index is 0.580. The molecular weight excluding hydrogens is 288 g/mol. The number of aliphatic hydroxyl groups is 1. The lowest BCUT2D eigenvalue weighted by molar-refractivity contribution is 0.0384. The third kappa shape index (κ3) is 4.02. The maximum atomic E-state index is 10.4. The van der Waals surface area contributed by atoms with Gasteiger partial charge in [-0.15, -0.1) is 5.10 Å². The van der Waals surface area contributed by atoms with Gasteiger partial charge in [-0.05, 0) is 35.8 Å². The summed E-state index contributed by atoms with van der Waals surface area (Å²) >= 11 is 3.29. The van der Waals surface area contributed by atoms with Crippen LogP contribution in [0.3, 0.4) is 0 Å². The number of rotatable bonds is 7. The molecule has 1 aromatic rings. The monoisotopic (exact) mass is 306 g/mol. The van der Waals surface area contributed by atoms with Gasteiger partial charge in [0, 0.05) is 20.7 Å². The van der Waals surface area contributed by atoms with Gasteiger partial charge in [-0.3, -0.25) is 0 Å². The van der Waals surface area contributed by atoms with E-state index < -0.39 is 5.60 Å². The van der Waals surface area contributed by atoms with Crippen LogP contribution in [-0.2, 0) is 17.4 Å². The summed E-state index contributed by atoms with van der Waals surface area (Å²) in [5, 5.41) is 21.3. The molecule has 1 unspecified atom stereocenters. The molecule has 0 bridgehead atoms. The molecule has 1 heterocycles. The third-order valence-corrected chi connectivity index (χ3v) is 3.10. The van der Waals surface area contributed by atoms with Crippen molar-refractivity contribution in [1.82, 2.24) is 20.3 Å². The van der Waals surface area contributed by atoms with Crippen LogP contribution >= 0.6 is 15.9 Å². The van der Waals surface area contributed by atoms with E-state index in [1.54, 1.807) is 25.8 Å². The van der Waals surface area contributed by atoms with E-state index in [-0.39, 0.29) is 0 Å². The van der Waals surface area contributed by atoms with Crippen LogP contribution in [0.4, 0.5) is 0 Å². The predicted octanol–water partition coefficient (Wildman–Crippen LogP) is 0.411. The zero-order chi connectivity index (χ0) is 12.9. The molecule has 0 aliphatic rings. The molecule has 1 atom stereocenters. The summed E-state index contributed by atoms with van der Waals surface area (Å²) in [7, 11) is 3.43. The Kier molecular flexibility index (Phi) is 5.51. The van der Waals surface area contributed by atoms with E-state index in [0.717, 1.165) is 6.54 Å². The van der Waals surface area contributed by atoms with Gasteiger partial charge in [0.05, 0.1) is 6.61 Å². The van der Waals surface area contributed by atoms with Crippen molar-refractivity contribution < 1.29 is 9.84 Å². The average molecular weight is 307 g/mol. The molecule has 0 amide bonds. The van der Waals surface area contributed by atoms with Crippen molar-refractivity contribution >= 4 is 15.9 Å². The smallest absolute Gasteiger partial charge is 0.154 e. The number of methoxy groups -OCH3 is 1. The number of hydrogen-bond donors (Lipinski definition) is 2. The van der Waals surface area contributed by atoms with E-state index in [1.165, 1.54) is 0 Å². The molecule has 0 fully saturated rings. The Morgan fingerprint density at radius 3 is 2.76 bits per heavy atom. The van der Waals surface area contributed by atoms with Crippen molar-refractivity contribution in [1.29, 1.82) is 0 Å². The number of ether oxygens (including phenoxy) is 1. The van der Waals surface area contributed by atoms with Gasteiger partial charge >= 0.3 is 0 Å². The van der Waals surface area contributed by atoms with Gasteiger partial charge in [-0.25, -0.2) is 4.68 Å². The summed E-state index contributed by atoms with van der Waals surface area (Å²) in [6, 6.07) is 0. The molecule has 98 valence electrons. The number of halogens is 1. The first-order valence-electron chi connectivity index (χ1n) is 5.46. The van der Waals surface area contributed by atoms with Gasteiger partial charge in [-0.1, -0.05) is 5.21 Å². The predicted molar refractivity (Wildman–Crippen MR) is 67.6 cm³/mol. The largest absolute Gasteiger partial charge is 0.384 e. The van der Waals surface area contributed by atoms with Crippen LogP contribution in [0, 0.1) is 0 Å². The van der Waals surface area contributed by atoms with E-state index in [0.29, 0.717) is 29.9 Å². The van der Waals surface area contributed by atoms with E-state index in [2.05, 4.69) is 31.6 Å². The van der Waals surface area contributed by atoms with Gasteiger partial charge in [0.1, 0.15) is 11.3 Å². The second kappa shape index (κ2) is 6.44. The molecule has 0 aromatic carbocycles. The molecular formula is C10H19BrN4O2. The second-order valence-electron chi connectivity index (χ2n) is 4.12. The lowest BCUT2D eigenvalue weighted by atomic mass is 9.98. The standard InChI is InChI=1S/C10H19BrN4O2/c1-10(16,4-5-12-6-7-17-3)8-9(11)13-14-15(8)2/h12,16H,4-7H2,1-3H3. The van der Waals surface area contributed by atoms with Gasteiger partial charge in [-0.2, -0.15) is 0 Å². The molecule has 0 spiro atoms. The van der Waals surface area contributed by atoms with Gasteiger partial charge < -0.3 is 15.2 Å². The van der Waals surface area contributed by atoms with Crippen LogP contribution in [0.25, 0.3) is 0 Å². The minimum atomic E-state index is -0.961. The Morgan fingerprint density at radius 1 is 1.53 bits per heavy atom. The molecule has 2 N–H and O–H groups in total. The molecule has 1 aromatic heterocycles. The normalized spacial score (nSPS) is 14.9. The third-order valence-electron chi connectivity index (χ3n) is 2.57. The Hall–Kier alpha value is -0.500. The SMILES string of the molecule is COCCNCCC(C)(O)c1c(Br)nnn1C. The van der Waals surface area contributed by atoms with Crippen LogP contribution in [0.5, 0.6) is 0 Å². The quantitative estimate of drug-likeness (QED) is 0.714. The fourth-order valence-electron chi connectivity index (χ4n) is 1.65. The number of hydrogen-bond acceptors (Lipinski definition) is 5. The van der Waals surface area contributed by atoms with E-state index in [9.17, 15) is 5.11 Å². The van der Waals surface area contributed by atoms with Crippen LogP contribution in [0.2, 0.25) is 0 Å². The average Bonchev–Trinajstić information content (AvgIpc) is 2.58. The lowest BCUT2D eigenvalue weighted by Gasteiger charge is -2.23. The van der Waals surface area contributed by atoms with Crippen molar-refractivity contribution in [2.45, 2.75) is 18.9 Å². The zero-order valence-corrected chi connectivity index (χ0v) is 12.0. The van der Waals surface area contributed by atoms with E-state index in [1.807, 2.05) is 0 Å². The molecule has 0 aliphatic carbocycles. The summed E-state index contributed by atoms with van der Waals surface area (Å²) in [5.41, 5.74) is -0.275. The first-order chi connectivity index (χ1) is 7.99. The molecule has 0 saturated heterocycles. The van der Waals surface area contributed by atoms with Gasteiger partial charge in [0.15, 0.2) is 4.60 Å². The number of nitrogens with zero attached hydrogens (tertiary/aromatic N) is 3. The highest BCUT2D eigenvalue weighted by molar-refractivity contribution is 9.10. The fourth-order valence-corrected chi connectivity index (χ4v) is 2.41. The fraction of sp³-hybridized carbons (Fsp3) is 0.800. The molecule has 0 radical (unpaired) electrons. The van der Waals surface area contributed by atoms with Crippen molar-refractivity contribution in [2.24, 2.45) is 7.05 Å². The zero-order valence-electron chi connectivity index (χ0n) is 10.4. The first kappa shape index (κ1) is 14.6. The molecule has 1 rings (SSSR count). The van der Waals surface area contributed by atoms with Crippen LogP contribution in [0.1, 0.15) is 19.0 Å². The first-order valence-corrected chi connectivity index (χ1v) is 6.26. The molecule has 0 saturated carbocycles. The van der Waals surface area contributed by atoms with Crippen LogP contribution < -0.4 is 5.32 Å². The van der Waals surface area contributed by atoms with Crippen molar-refractivity contribution in [3.05, 3.63) is 10.3 Å². The Morgan fingerprint density at radius 2 is 2.24 bits per heavy atom. The number of aryl methyl sites for hydroxylation is 1. The van der Waals surface area contributed by atoms with Crippen molar-refractivity contribution in [3.8, 4) is 0 Å². The summed E-state index contributed by atoms with van der Waals surface area (Å²) in [6.07, 6.45) is 0.580. The highest BCUT2D eigenvalue weighted by atomic mass is 79.9. The summed E-state index contributed by atoms with van der Waals surface area (Å²) in [5.74, 6) is 0. The summed E-state index contributed by atoms with van der Waals surface area (Å²) < 4.78 is 7.10. The topological polar surface area (TPSA) is 72.2 Å². The maximum Gasteiger partial charge on any atom is 0.154 e. The van der Waals surface area contributed by atoms with Crippen molar-refractivity contribution in [2.75, 3.05) is 26.8 Å². The van der Waals surface area contributed by atoms with Crippen LogP contribution in [-0.4, -0.2) is 46.9 Å². The van der Waals surface area contributed by atoms with Crippen LogP contribution in [0.15, 0.2) is 4.60 Å². The Bertz CT molecular complexity index is 335. The van der Waals surface area contributed by atoms with Gasteiger partial charge in [0.2, 0.25) is 0 Å². The molecule has 6 nitrogen and oxygen atoms in total. The van der Waals surface area contributed by atoms with Gasteiger partial charge in [0.25, 0.3) is 0 Å². The Balaban J connectivity index is 2.51.